The molecule has 0 heterocycles. The van der Waals surface area contributed by atoms with E-state index in [0.717, 1.165) is 0 Å². The van der Waals surface area contributed by atoms with Gasteiger partial charge < -0.3 is 5.11 Å². The molecule has 14 heavy (non-hydrogen) atoms. The standard InChI is InChI=1S/C13H28O/c1-5-6-9-13(3,4)10-7-8-12(2)11-14/h12,14H,5-11H2,1-4H3. The summed E-state index contributed by atoms with van der Waals surface area (Å²) < 4.78 is 0. The molecule has 0 aromatic carbocycles. The lowest BCUT2D eigenvalue weighted by Gasteiger charge is -2.24. The highest BCUT2D eigenvalue weighted by Crippen LogP contribution is 2.30. The van der Waals surface area contributed by atoms with E-state index in [1.54, 1.807) is 0 Å². The van der Waals surface area contributed by atoms with Crippen LogP contribution in [0.15, 0.2) is 0 Å². The van der Waals surface area contributed by atoms with Crippen LogP contribution in [0.1, 0.15) is 66.2 Å². The molecular formula is C13H28O. The molecule has 0 aromatic heterocycles. The van der Waals surface area contributed by atoms with Gasteiger partial charge in [-0.25, -0.2) is 0 Å². The molecule has 0 rings (SSSR count). The van der Waals surface area contributed by atoms with Crippen LogP contribution in [0.4, 0.5) is 0 Å². The minimum absolute atomic E-state index is 0.343. The summed E-state index contributed by atoms with van der Waals surface area (Å²) in [7, 11) is 0. The molecule has 0 aliphatic rings. The molecular weight excluding hydrogens is 172 g/mol. The van der Waals surface area contributed by atoms with Gasteiger partial charge in [0.25, 0.3) is 0 Å². The smallest absolute Gasteiger partial charge is 0.0456 e. The average molecular weight is 200 g/mol. The number of unbranched alkanes of at least 4 members (excludes halogenated alkanes) is 1. The van der Waals surface area contributed by atoms with Crippen LogP contribution >= 0.6 is 0 Å². The Bertz CT molecular complexity index is 129. The Morgan fingerprint density at radius 1 is 1.14 bits per heavy atom. The predicted molar refractivity (Wildman–Crippen MR) is 63.4 cm³/mol. The Morgan fingerprint density at radius 3 is 2.21 bits per heavy atom. The second-order valence-corrected chi connectivity index (χ2v) is 5.45. The highest BCUT2D eigenvalue weighted by molar-refractivity contribution is 4.68. The SMILES string of the molecule is CCCCC(C)(C)CCCC(C)CO. The Hall–Kier alpha value is -0.0400. The first-order chi connectivity index (χ1) is 6.52. The fraction of sp³-hybridized carbons (Fsp3) is 1.00. The van der Waals surface area contributed by atoms with Crippen LogP contribution in [0.5, 0.6) is 0 Å². The molecule has 1 N–H and O–H groups in total. The van der Waals surface area contributed by atoms with Crippen LogP contribution in [0.3, 0.4) is 0 Å². The fourth-order valence-electron chi connectivity index (χ4n) is 1.80. The molecule has 0 saturated heterocycles. The minimum atomic E-state index is 0.343. The van der Waals surface area contributed by atoms with E-state index < -0.39 is 0 Å². The first-order valence-corrected chi connectivity index (χ1v) is 6.12. The molecule has 1 heteroatoms. The van der Waals surface area contributed by atoms with Gasteiger partial charge in [-0.05, 0) is 30.6 Å². The third-order valence-corrected chi connectivity index (χ3v) is 3.07. The molecule has 0 bridgehead atoms. The van der Waals surface area contributed by atoms with Crippen LogP contribution in [0.2, 0.25) is 0 Å². The molecule has 0 aliphatic heterocycles. The third-order valence-electron chi connectivity index (χ3n) is 3.07. The van der Waals surface area contributed by atoms with E-state index in [2.05, 4.69) is 27.7 Å². The zero-order valence-electron chi connectivity index (χ0n) is 10.5. The molecule has 0 aromatic rings. The summed E-state index contributed by atoms with van der Waals surface area (Å²) in [5.41, 5.74) is 0.505. The third kappa shape index (κ3) is 7.37. The molecule has 1 atom stereocenters. The molecule has 1 unspecified atom stereocenters. The number of hydrogen-bond donors (Lipinski definition) is 1. The molecule has 0 radical (unpaired) electrons. The van der Waals surface area contributed by atoms with E-state index in [1.807, 2.05) is 0 Å². The quantitative estimate of drug-likeness (QED) is 0.628. The molecule has 0 saturated carbocycles. The van der Waals surface area contributed by atoms with Crippen molar-refractivity contribution in [3.63, 3.8) is 0 Å². The Kier molecular flexibility index (Phi) is 7.26. The normalized spacial score (nSPS) is 14.4. The summed E-state index contributed by atoms with van der Waals surface area (Å²) in [4.78, 5) is 0. The summed E-state index contributed by atoms with van der Waals surface area (Å²) in [5.74, 6) is 0.483. The van der Waals surface area contributed by atoms with Crippen LogP contribution in [0, 0.1) is 11.3 Å². The van der Waals surface area contributed by atoms with Crippen molar-refractivity contribution in [1.29, 1.82) is 0 Å². The monoisotopic (exact) mass is 200 g/mol. The Morgan fingerprint density at radius 2 is 1.71 bits per heavy atom. The van der Waals surface area contributed by atoms with Crippen molar-refractivity contribution in [1.82, 2.24) is 0 Å². The van der Waals surface area contributed by atoms with Gasteiger partial charge in [-0.3, -0.25) is 0 Å². The van der Waals surface area contributed by atoms with Gasteiger partial charge in [-0.2, -0.15) is 0 Å². The van der Waals surface area contributed by atoms with Gasteiger partial charge in [-0.1, -0.05) is 47.0 Å². The molecule has 0 aliphatic carbocycles. The molecule has 0 spiro atoms. The van der Waals surface area contributed by atoms with Gasteiger partial charge in [0.05, 0.1) is 0 Å². The lowest BCUT2D eigenvalue weighted by Crippen LogP contribution is -2.12. The maximum absolute atomic E-state index is 8.91. The lowest BCUT2D eigenvalue weighted by molar-refractivity contribution is 0.215. The number of hydrogen-bond acceptors (Lipinski definition) is 1. The zero-order chi connectivity index (χ0) is 11.0. The first kappa shape index (κ1) is 14.0. The van der Waals surface area contributed by atoms with Gasteiger partial charge in [-0.15, -0.1) is 0 Å². The van der Waals surface area contributed by atoms with Crippen LogP contribution in [-0.2, 0) is 0 Å². The van der Waals surface area contributed by atoms with Crippen molar-refractivity contribution in [3.8, 4) is 0 Å². The van der Waals surface area contributed by atoms with E-state index in [1.165, 1.54) is 38.5 Å². The number of aliphatic hydroxyl groups excluding tert-OH is 1. The number of aliphatic hydroxyl groups is 1. The highest BCUT2D eigenvalue weighted by atomic mass is 16.3. The van der Waals surface area contributed by atoms with Crippen molar-refractivity contribution in [2.24, 2.45) is 11.3 Å². The van der Waals surface area contributed by atoms with Crippen molar-refractivity contribution in [2.75, 3.05) is 6.61 Å². The molecule has 0 amide bonds. The maximum atomic E-state index is 8.91. The second-order valence-electron chi connectivity index (χ2n) is 5.45. The number of rotatable bonds is 8. The summed E-state index contributed by atoms with van der Waals surface area (Å²) in [6.07, 6.45) is 7.73. The van der Waals surface area contributed by atoms with E-state index in [0.29, 0.717) is 17.9 Å². The summed E-state index contributed by atoms with van der Waals surface area (Å²) >= 11 is 0. The zero-order valence-corrected chi connectivity index (χ0v) is 10.5. The van der Waals surface area contributed by atoms with Crippen molar-refractivity contribution >= 4 is 0 Å². The largest absolute Gasteiger partial charge is 0.396 e. The fourth-order valence-corrected chi connectivity index (χ4v) is 1.80. The Labute approximate surface area is 89.9 Å². The van der Waals surface area contributed by atoms with Crippen molar-refractivity contribution in [2.45, 2.75) is 66.2 Å². The maximum Gasteiger partial charge on any atom is 0.0456 e. The van der Waals surface area contributed by atoms with Crippen molar-refractivity contribution < 1.29 is 5.11 Å². The summed E-state index contributed by atoms with van der Waals surface area (Å²) in [6, 6.07) is 0. The van der Waals surface area contributed by atoms with E-state index in [-0.39, 0.29) is 0 Å². The summed E-state index contributed by atoms with van der Waals surface area (Å²) in [6.45, 7) is 9.46. The second kappa shape index (κ2) is 7.28. The molecule has 0 fully saturated rings. The van der Waals surface area contributed by atoms with Crippen LogP contribution in [-0.4, -0.2) is 11.7 Å². The van der Waals surface area contributed by atoms with Gasteiger partial charge >= 0.3 is 0 Å². The highest BCUT2D eigenvalue weighted by Gasteiger charge is 2.16. The van der Waals surface area contributed by atoms with E-state index in [9.17, 15) is 0 Å². The molecule has 1 nitrogen and oxygen atoms in total. The van der Waals surface area contributed by atoms with Crippen LogP contribution in [0.25, 0.3) is 0 Å². The van der Waals surface area contributed by atoms with Crippen LogP contribution < -0.4 is 0 Å². The van der Waals surface area contributed by atoms with Crippen molar-refractivity contribution in [3.05, 3.63) is 0 Å². The lowest BCUT2D eigenvalue weighted by atomic mass is 9.81. The summed E-state index contributed by atoms with van der Waals surface area (Å²) in [5, 5.41) is 8.91. The van der Waals surface area contributed by atoms with E-state index in [4.69, 9.17) is 5.11 Å². The first-order valence-electron chi connectivity index (χ1n) is 6.12. The average Bonchev–Trinajstić information content (AvgIpc) is 2.14. The van der Waals surface area contributed by atoms with Gasteiger partial charge in [0.1, 0.15) is 0 Å². The topological polar surface area (TPSA) is 20.2 Å². The Balaban J connectivity index is 3.54. The molecule has 86 valence electrons. The van der Waals surface area contributed by atoms with Gasteiger partial charge in [0.15, 0.2) is 0 Å². The van der Waals surface area contributed by atoms with Gasteiger partial charge in [0.2, 0.25) is 0 Å². The van der Waals surface area contributed by atoms with E-state index >= 15 is 0 Å². The van der Waals surface area contributed by atoms with Gasteiger partial charge in [0, 0.05) is 6.61 Å². The predicted octanol–water partition coefficient (Wildman–Crippen LogP) is 4.00. The minimum Gasteiger partial charge on any atom is -0.396 e.